The molecule has 0 heterocycles. The van der Waals surface area contributed by atoms with Crippen LogP contribution in [0.5, 0.6) is 0 Å². The molecule has 3 nitrogen and oxygen atoms in total. The summed E-state index contributed by atoms with van der Waals surface area (Å²) < 4.78 is 12.2. The van der Waals surface area contributed by atoms with Crippen LogP contribution in [-0.2, 0) is 9.47 Å². The molecule has 4 aliphatic rings. The molecule has 0 aromatic rings. The van der Waals surface area contributed by atoms with E-state index in [0.717, 1.165) is 24.2 Å². The van der Waals surface area contributed by atoms with E-state index < -0.39 is 0 Å². The van der Waals surface area contributed by atoms with Crippen molar-refractivity contribution >= 4 is 0 Å². The molecule has 0 radical (unpaired) electrons. The van der Waals surface area contributed by atoms with Gasteiger partial charge in [0, 0.05) is 18.6 Å². The Labute approximate surface area is 191 Å². The van der Waals surface area contributed by atoms with Gasteiger partial charge in [0.1, 0.15) is 0 Å². The number of aliphatic hydroxyl groups is 1. The van der Waals surface area contributed by atoms with Crippen molar-refractivity contribution in [3.63, 3.8) is 0 Å². The third-order valence-electron chi connectivity index (χ3n) is 10.7. The van der Waals surface area contributed by atoms with Gasteiger partial charge in [-0.25, -0.2) is 0 Å². The van der Waals surface area contributed by atoms with Crippen LogP contribution in [0, 0.1) is 45.8 Å². The third-order valence-corrected chi connectivity index (χ3v) is 10.7. The van der Waals surface area contributed by atoms with E-state index in [-0.39, 0.29) is 17.8 Å². The second-order valence-electron chi connectivity index (χ2n) is 12.4. The lowest BCUT2D eigenvalue weighted by molar-refractivity contribution is -0.193. The second kappa shape index (κ2) is 8.44. The fraction of sp³-hybridized carbons (Fsp3) is 0.929. The van der Waals surface area contributed by atoms with E-state index in [1.807, 2.05) is 13.8 Å². The Morgan fingerprint density at radius 3 is 2.45 bits per heavy atom. The molecule has 3 fully saturated rings. The molecule has 0 spiro atoms. The van der Waals surface area contributed by atoms with Crippen LogP contribution in [-0.4, -0.2) is 30.7 Å². The van der Waals surface area contributed by atoms with Crippen LogP contribution in [0.25, 0.3) is 0 Å². The largest absolute Gasteiger partial charge is 0.396 e. The van der Waals surface area contributed by atoms with E-state index in [1.54, 1.807) is 5.57 Å². The topological polar surface area (TPSA) is 38.7 Å². The summed E-state index contributed by atoms with van der Waals surface area (Å²) in [6.07, 6.45) is 11.8. The molecule has 1 N–H and O–H groups in total. The molecule has 0 aromatic heterocycles. The molecular formula is C28H48O3. The van der Waals surface area contributed by atoms with Gasteiger partial charge in [-0.05, 0) is 99.2 Å². The maximum Gasteiger partial charge on any atom is 0.155 e. The van der Waals surface area contributed by atoms with Gasteiger partial charge in [0.2, 0.25) is 0 Å². The summed E-state index contributed by atoms with van der Waals surface area (Å²) in [6.45, 7) is 17.4. The minimum absolute atomic E-state index is 0.0632. The maximum atomic E-state index is 9.88. The van der Waals surface area contributed by atoms with Gasteiger partial charge in [-0.1, -0.05) is 46.3 Å². The van der Waals surface area contributed by atoms with E-state index in [2.05, 4.69) is 40.7 Å². The summed E-state index contributed by atoms with van der Waals surface area (Å²) in [4.78, 5) is 0. The minimum atomic E-state index is -0.130. The van der Waals surface area contributed by atoms with Crippen molar-refractivity contribution in [3.8, 4) is 0 Å². The Bertz CT molecular complexity index is 684. The van der Waals surface area contributed by atoms with Gasteiger partial charge in [0.05, 0.1) is 6.10 Å². The molecule has 1 unspecified atom stereocenters. The van der Waals surface area contributed by atoms with E-state index in [4.69, 9.17) is 9.47 Å². The molecule has 31 heavy (non-hydrogen) atoms. The summed E-state index contributed by atoms with van der Waals surface area (Å²) in [7, 11) is 0. The number of allylic oxidation sites excluding steroid dienone is 1. The van der Waals surface area contributed by atoms with Crippen molar-refractivity contribution in [2.45, 2.75) is 106 Å². The Balaban J connectivity index is 1.59. The molecule has 3 heteroatoms. The molecule has 4 aliphatic carbocycles. The van der Waals surface area contributed by atoms with Crippen molar-refractivity contribution in [2.24, 2.45) is 45.8 Å². The zero-order chi connectivity index (χ0) is 22.6. The Kier molecular flexibility index (Phi) is 6.47. The number of aliphatic hydroxyl groups excluding tert-OH is 1. The first-order chi connectivity index (χ1) is 14.6. The zero-order valence-corrected chi connectivity index (χ0v) is 21.2. The molecule has 0 bridgehead atoms. The van der Waals surface area contributed by atoms with Crippen LogP contribution in [0.15, 0.2) is 11.6 Å². The number of fused-ring (bicyclic) bond motifs is 5. The zero-order valence-electron chi connectivity index (χ0n) is 21.2. The Morgan fingerprint density at radius 2 is 1.77 bits per heavy atom. The average Bonchev–Trinajstić information content (AvgIpc) is 3.07. The summed E-state index contributed by atoms with van der Waals surface area (Å²) in [6, 6.07) is 0. The van der Waals surface area contributed by atoms with Crippen molar-refractivity contribution in [1.29, 1.82) is 0 Å². The standard InChI is InChI=1S/C28H48O3/c1-8-30-19(3)31-25-14-16-28(7)23-13-15-27(6)21(18(2)17-29)10-11-22(27)20(23)9-12-24(28)26(25,4)5/h12,18-23,25,29H,8-11,13-17H2,1-7H3/t18-,19?,20+,21+,22+,23+,25+,27-,28+/m1/s1. The first kappa shape index (κ1) is 23.8. The van der Waals surface area contributed by atoms with Gasteiger partial charge in [-0.15, -0.1) is 0 Å². The molecule has 0 amide bonds. The van der Waals surface area contributed by atoms with Crippen molar-refractivity contribution in [3.05, 3.63) is 11.6 Å². The Hall–Kier alpha value is -0.380. The van der Waals surface area contributed by atoms with E-state index in [9.17, 15) is 5.11 Å². The minimum Gasteiger partial charge on any atom is -0.396 e. The van der Waals surface area contributed by atoms with Crippen LogP contribution < -0.4 is 0 Å². The lowest BCUT2D eigenvalue weighted by atomic mass is 9.44. The highest BCUT2D eigenvalue weighted by Crippen LogP contribution is 2.69. The smallest absolute Gasteiger partial charge is 0.155 e. The van der Waals surface area contributed by atoms with Crippen LogP contribution >= 0.6 is 0 Å². The molecule has 0 aromatic carbocycles. The molecule has 0 aliphatic heterocycles. The van der Waals surface area contributed by atoms with Crippen molar-refractivity contribution < 1.29 is 14.6 Å². The van der Waals surface area contributed by atoms with Gasteiger partial charge in [-0.3, -0.25) is 0 Å². The fourth-order valence-electron chi connectivity index (χ4n) is 9.22. The molecule has 9 atom stereocenters. The van der Waals surface area contributed by atoms with Crippen LogP contribution in [0.1, 0.15) is 93.4 Å². The highest BCUT2D eigenvalue weighted by Gasteiger charge is 2.61. The second-order valence-corrected chi connectivity index (χ2v) is 12.4. The number of hydrogen-bond donors (Lipinski definition) is 1. The average molecular weight is 433 g/mol. The quantitative estimate of drug-likeness (QED) is 0.380. The van der Waals surface area contributed by atoms with Crippen LogP contribution in [0.2, 0.25) is 0 Å². The molecular weight excluding hydrogens is 384 g/mol. The lowest BCUT2D eigenvalue weighted by Crippen LogP contribution is -2.55. The summed E-state index contributed by atoms with van der Waals surface area (Å²) in [5, 5.41) is 9.88. The summed E-state index contributed by atoms with van der Waals surface area (Å²) in [5.41, 5.74) is 2.47. The van der Waals surface area contributed by atoms with Gasteiger partial charge in [-0.2, -0.15) is 0 Å². The molecule has 0 saturated heterocycles. The van der Waals surface area contributed by atoms with Gasteiger partial charge < -0.3 is 14.6 Å². The molecule has 3 saturated carbocycles. The molecule has 4 rings (SSSR count). The first-order valence-electron chi connectivity index (χ1n) is 13.2. The monoisotopic (exact) mass is 432 g/mol. The highest BCUT2D eigenvalue weighted by molar-refractivity contribution is 5.31. The number of ether oxygens (including phenoxy) is 2. The van der Waals surface area contributed by atoms with E-state index >= 15 is 0 Å². The van der Waals surface area contributed by atoms with Gasteiger partial charge in [0.25, 0.3) is 0 Å². The summed E-state index contributed by atoms with van der Waals surface area (Å²) >= 11 is 0. The van der Waals surface area contributed by atoms with Gasteiger partial charge >= 0.3 is 0 Å². The maximum absolute atomic E-state index is 9.88. The van der Waals surface area contributed by atoms with E-state index in [0.29, 0.717) is 35.9 Å². The lowest BCUT2D eigenvalue weighted by Gasteiger charge is -2.61. The predicted octanol–water partition coefficient (Wildman–Crippen LogP) is 6.60. The van der Waals surface area contributed by atoms with Crippen LogP contribution in [0.3, 0.4) is 0 Å². The SMILES string of the molecule is CCOC(C)O[C@H]1CC[C@]2(C)C(=CC[C@H]3[C@@H]4CC[C@@H]([C@H](C)CO)[C@@]4(C)CC[C@@H]32)C1(C)C. The van der Waals surface area contributed by atoms with Crippen LogP contribution in [0.4, 0.5) is 0 Å². The fourth-order valence-corrected chi connectivity index (χ4v) is 9.22. The predicted molar refractivity (Wildman–Crippen MR) is 127 cm³/mol. The third kappa shape index (κ3) is 3.66. The normalized spacial score (nSPS) is 45.8. The van der Waals surface area contributed by atoms with Crippen molar-refractivity contribution in [1.82, 2.24) is 0 Å². The number of hydrogen-bond acceptors (Lipinski definition) is 3. The summed E-state index contributed by atoms with van der Waals surface area (Å²) in [5.74, 6) is 3.59. The van der Waals surface area contributed by atoms with E-state index in [1.165, 1.54) is 38.5 Å². The number of rotatable bonds is 6. The molecule has 178 valence electrons. The van der Waals surface area contributed by atoms with Crippen molar-refractivity contribution in [2.75, 3.05) is 13.2 Å². The van der Waals surface area contributed by atoms with Gasteiger partial charge in [0.15, 0.2) is 6.29 Å². The first-order valence-corrected chi connectivity index (χ1v) is 13.2. The Morgan fingerprint density at radius 1 is 1.03 bits per heavy atom. The highest BCUT2D eigenvalue weighted by atomic mass is 16.7.